The van der Waals surface area contributed by atoms with Crippen LogP contribution in [0.1, 0.15) is 37.8 Å². The molecule has 2 rings (SSSR count). The van der Waals surface area contributed by atoms with E-state index in [0.717, 1.165) is 18.4 Å². The molecule has 100 valence electrons. The van der Waals surface area contributed by atoms with Gasteiger partial charge in [0, 0.05) is 6.54 Å². The van der Waals surface area contributed by atoms with Crippen LogP contribution in [-0.4, -0.2) is 18.3 Å². The lowest BCUT2D eigenvalue weighted by atomic mass is 10.0. The van der Waals surface area contributed by atoms with Gasteiger partial charge in [0.05, 0.1) is 24.9 Å². The molecule has 1 saturated heterocycles. The van der Waals surface area contributed by atoms with Crippen LogP contribution in [0, 0.1) is 0 Å². The van der Waals surface area contributed by atoms with E-state index < -0.39 is 0 Å². The van der Waals surface area contributed by atoms with Crippen LogP contribution >= 0.6 is 0 Å². The van der Waals surface area contributed by atoms with Gasteiger partial charge in [-0.15, -0.1) is 0 Å². The molecular weight excluding hydrogens is 226 g/mol. The predicted octanol–water partition coefficient (Wildman–Crippen LogP) is 2.62. The molecule has 0 saturated carbocycles. The molecule has 1 aliphatic heterocycles. The summed E-state index contributed by atoms with van der Waals surface area (Å²) in [6.45, 7) is 5.47. The van der Waals surface area contributed by atoms with E-state index in [0.29, 0.717) is 31.5 Å². The number of hydrogen-bond acceptors (Lipinski definition) is 3. The van der Waals surface area contributed by atoms with Crippen LogP contribution < -0.4 is 5.73 Å². The maximum atomic E-state index is 5.99. The summed E-state index contributed by atoms with van der Waals surface area (Å²) in [4.78, 5) is 0. The largest absolute Gasteiger partial charge is 0.375 e. The first-order valence-electron chi connectivity index (χ1n) is 6.72. The molecule has 1 fully saturated rings. The lowest BCUT2D eigenvalue weighted by molar-refractivity contribution is -0.106. The third-order valence-electron chi connectivity index (χ3n) is 3.37. The summed E-state index contributed by atoms with van der Waals surface area (Å²) in [6, 6.07) is 8.29. The highest BCUT2D eigenvalue weighted by molar-refractivity contribution is 5.22. The molecule has 0 radical (unpaired) electrons. The second kappa shape index (κ2) is 6.32. The maximum Gasteiger partial charge on any atom is 0.0720 e. The minimum absolute atomic E-state index is 0.300. The molecule has 18 heavy (non-hydrogen) atoms. The Morgan fingerprint density at radius 2 is 1.89 bits per heavy atom. The molecule has 0 bridgehead atoms. The van der Waals surface area contributed by atoms with Crippen molar-refractivity contribution in [2.75, 3.05) is 0 Å². The quantitative estimate of drug-likeness (QED) is 0.892. The van der Waals surface area contributed by atoms with Crippen molar-refractivity contribution in [1.29, 1.82) is 0 Å². The van der Waals surface area contributed by atoms with Gasteiger partial charge in [-0.1, -0.05) is 24.3 Å². The molecule has 0 spiro atoms. The Morgan fingerprint density at radius 3 is 2.56 bits per heavy atom. The second-order valence-electron chi connectivity index (χ2n) is 5.19. The fourth-order valence-electron chi connectivity index (χ4n) is 2.54. The van der Waals surface area contributed by atoms with Gasteiger partial charge >= 0.3 is 0 Å². The van der Waals surface area contributed by atoms with Crippen molar-refractivity contribution in [2.24, 2.45) is 5.73 Å². The molecule has 1 heterocycles. The minimum atomic E-state index is 0.300. The van der Waals surface area contributed by atoms with Gasteiger partial charge in [0.25, 0.3) is 0 Å². The van der Waals surface area contributed by atoms with Gasteiger partial charge in [0.2, 0.25) is 0 Å². The average Bonchev–Trinajstić information content (AvgIpc) is 2.35. The van der Waals surface area contributed by atoms with Crippen molar-refractivity contribution in [3.63, 3.8) is 0 Å². The molecule has 2 atom stereocenters. The highest BCUT2D eigenvalue weighted by Crippen LogP contribution is 2.22. The van der Waals surface area contributed by atoms with Crippen molar-refractivity contribution < 1.29 is 9.47 Å². The van der Waals surface area contributed by atoms with E-state index in [1.807, 2.05) is 12.1 Å². The first kappa shape index (κ1) is 13.5. The third-order valence-corrected chi connectivity index (χ3v) is 3.37. The lowest BCUT2D eigenvalue weighted by Gasteiger charge is -2.32. The van der Waals surface area contributed by atoms with Crippen LogP contribution in [0.2, 0.25) is 0 Å². The fraction of sp³-hybridized carbons (Fsp3) is 0.600. The van der Waals surface area contributed by atoms with Crippen LogP contribution in [0.4, 0.5) is 0 Å². The van der Waals surface area contributed by atoms with E-state index in [4.69, 9.17) is 15.2 Å². The summed E-state index contributed by atoms with van der Waals surface area (Å²) >= 11 is 0. The van der Waals surface area contributed by atoms with Gasteiger partial charge in [0.15, 0.2) is 0 Å². The monoisotopic (exact) mass is 249 g/mol. The van der Waals surface area contributed by atoms with Crippen LogP contribution in [-0.2, 0) is 22.6 Å². The summed E-state index contributed by atoms with van der Waals surface area (Å²) < 4.78 is 11.7. The number of ether oxygens (including phenoxy) is 2. The van der Waals surface area contributed by atoms with Gasteiger partial charge in [-0.3, -0.25) is 0 Å². The van der Waals surface area contributed by atoms with Gasteiger partial charge < -0.3 is 15.2 Å². The Hall–Kier alpha value is -0.900. The average molecular weight is 249 g/mol. The third kappa shape index (κ3) is 3.80. The normalized spacial score (nSPS) is 28.3. The van der Waals surface area contributed by atoms with E-state index in [-0.39, 0.29) is 0 Å². The van der Waals surface area contributed by atoms with Crippen molar-refractivity contribution in [2.45, 2.75) is 58.2 Å². The number of benzene rings is 1. The van der Waals surface area contributed by atoms with Crippen LogP contribution in [0.3, 0.4) is 0 Å². The zero-order chi connectivity index (χ0) is 13.0. The SMILES string of the molecule is CC1CC(OCc2cccc(CN)c2)CC(C)O1. The Balaban J connectivity index is 1.86. The Kier molecular flexibility index (Phi) is 4.75. The molecule has 0 aliphatic carbocycles. The summed E-state index contributed by atoms with van der Waals surface area (Å²) in [5, 5.41) is 0. The molecule has 1 aliphatic rings. The van der Waals surface area contributed by atoms with Crippen molar-refractivity contribution in [1.82, 2.24) is 0 Å². The predicted molar refractivity (Wildman–Crippen MR) is 72.2 cm³/mol. The van der Waals surface area contributed by atoms with E-state index in [9.17, 15) is 0 Å². The summed E-state index contributed by atoms with van der Waals surface area (Å²) in [7, 11) is 0. The zero-order valence-electron chi connectivity index (χ0n) is 11.3. The molecule has 0 aromatic heterocycles. The zero-order valence-corrected chi connectivity index (χ0v) is 11.3. The first-order valence-corrected chi connectivity index (χ1v) is 6.72. The highest BCUT2D eigenvalue weighted by atomic mass is 16.5. The molecule has 0 amide bonds. The highest BCUT2D eigenvalue weighted by Gasteiger charge is 2.24. The summed E-state index contributed by atoms with van der Waals surface area (Å²) in [6.07, 6.45) is 2.88. The molecule has 2 N–H and O–H groups in total. The van der Waals surface area contributed by atoms with Crippen LogP contribution in [0.25, 0.3) is 0 Å². The Bertz CT molecular complexity index is 371. The Labute approximate surface area is 109 Å². The first-order chi connectivity index (χ1) is 8.67. The van der Waals surface area contributed by atoms with E-state index in [2.05, 4.69) is 26.0 Å². The van der Waals surface area contributed by atoms with Crippen LogP contribution in [0.15, 0.2) is 24.3 Å². The number of rotatable bonds is 4. The van der Waals surface area contributed by atoms with Gasteiger partial charge in [0.1, 0.15) is 0 Å². The molecule has 1 aromatic carbocycles. The topological polar surface area (TPSA) is 44.5 Å². The van der Waals surface area contributed by atoms with Crippen molar-refractivity contribution in [3.8, 4) is 0 Å². The van der Waals surface area contributed by atoms with E-state index >= 15 is 0 Å². The number of hydrogen-bond donors (Lipinski definition) is 1. The lowest BCUT2D eigenvalue weighted by Crippen LogP contribution is -2.33. The summed E-state index contributed by atoms with van der Waals surface area (Å²) in [5.41, 5.74) is 7.99. The minimum Gasteiger partial charge on any atom is -0.375 e. The standard InChI is InChI=1S/C15H23NO2/c1-11-6-15(7-12(2)18-11)17-10-14-5-3-4-13(8-14)9-16/h3-5,8,11-12,15H,6-7,9-10,16H2,1-2H3. The van der Waals surface area contributed by atoms with Crippen molar-refractivity contribution >= 4 is 0 Å². The molecular formula is C15H23NO2. The maximum absolute atomic E-state index is 5.99. The smallest absolute Gasteiger partial charge is 0.0720 e. The van der Waals surface area contributed by atoms with Gasteiger partial charge in [-0.25, -0.2) is 0 Å². The van der Waals surface area contributed by atoms with Gasteiger partial charge in [-0.05, 0) is 37.8 Å². The molecule has 3 heteroatoms. The fourth-order valence-corrected chi connectivity index (χ4v) is 2.54. The van der Waals surface area contributed by atoms with Crippen LogP contribution in [0.5, 0.6) is 0 Å². The second-order valence-corrected chi connectivity index (χ2v) is 5.19. The van der Waals surface area contributed by atoms with Gasteiger partial charge in [-0.2, -0.15) is 0 Å². The molecule has 3 nitrogen and oxygen atoms in total. The van der Waals surface area contributed by atoms with Crippen molar-refractivity contribution in [3.05, 3.63) is 35.4 Å². The molecule has 1 aromatic rings. The van der Waals surface area contributed by atoms with E-state index in [1.54, 1.807) is 0 Å². The number of nitrogens with two attached hydrogens (primary N) is 1. The molecule has 2 unspecified atom stereocenters. The Morgan fingerprint density at radius 1 is 1.22 bits per heavy atom. The van der Waals surface area contributed by atoms with E-state index in [1.165, 1.54) is 5.56 Å². The summed E-state index contributed by atoms with van der Waals surface area (Å²) in [5.74, 6) is 0.